The molecule has 0 saturated heterocycles. The molecule has 0 saturated carbocycles. The van der Waals surface area contributed by atoms with Crippen LogP contribution in [-0.4, -0.2) is 36.5 Å². The average Bonchev–Trinajstić information content (AvgIpc) is 2.44. The quantitative estimate of drug-likeness (QED) is 0.846. The van der Waals surface area contributed by atoms with Crippen molar-refractivity contribution in [3.63, 3.8) is 0 Å². The van der Waals surface area contributed by atoms with Crippen molar-refractivity contribution in [2.24, 2.45) is 0 Å². The highest BCUT2D eigenvalue weighted by Gasteiger charge is 2.45. The smallest absolute Gasteiger partial charge is 0.350 e. The van der Waals surface area contributed by atoms with Crippen molar-refractivity contribution in [1.82, 2.24) is 5.32 Å². The van der Waals surface area contributed by atoms with Crippen molar-refractivity contribution >= 4 is 29.1 Å². The first-order valence-corrected chi connectivity index (χ1v) is 6.68. The number of nitrogens with zero attached hydrogens (tertiary/aromatic N) is 1. The van der Waals surface area contributed by atoms with E-state index in [4.69, 9.17) is 11.6 Å². The van der Waals surface area contributed by atoms with E-state index in [0.717, 1.165) is 0 Å². The zero-order chi connectivity index (χ0) is 15.6. The van der Waals surface area contributed by atoms with Gasteiger partial charge in [-0.1, -0.05) is 18.2 Å². The molecule has 0 aromatic heterocycles. The summed E-state index contributed by atoms with van der Waals surface area (Å²) in [7, 11) is 0. The second-order valence-electron chi connectivity index (χ2n) is 4.64. The van der Waals surface area contributed by atoms with Gasteiger partial charge in [-0.3, -0.25) is 9.59 Å². The van der Waals surface area contributed by atoms with Crippen LogP contribution in [0.5, 0.6) is 0 Å². The zero-order valence-corrected chi connectivity index (χ0v) is 11.5. The standard InChI is InChI=1S/C13H12ClF3N2O2/c14-6-11(20)18-9-5-8-3-1-2-4-10(8)19(7-9)12(21)13(15,16)17/h1-4,9H,5-7H2,(H,18,20). The number of hydrogen-bond acceptors (Lipinski definition) is 2. The third-order valence-electron chi connectivity index (χ3n) is 3.13. The number of alkyl halides is 4. The number of hydrogen-bond donors (Lipinski definition) is 1. The number of amides is 2. The molecule has 114 valence electrons. The lowest BCUT2D eigenvalue weighted by atomic mass is 9.97. The molecule has 21 heavy (non-hydrogen) atoms. The Labute approximate surface area is 123 Å². The summed E-state index contributed by atoms with van der Waals surface area (Å²) in [5, 5.41) is 2.51. The summed E-state index contributed by atoms with van der Waals surface area (Å²) in [6, 6.07) is 5.72. The number of rotatable bonds is 2. The molecule has 0 aliphatic carbocycles. The van der Waals surface area contributed by atoms with E-state index in [1.807, 2.05) is 0 Å². The highest BCUT2D eigenvalue weighted by molar-refractivity contribution is 6.27. The molecule has 4 nitrogen and oxygen atoms in total. The van der Waals surface area contributed by atoms with Gasteiger partial charge in [0, 0.05) is 12.2 Å². The summed E-state index contributed by atoms with van der Waals surface area (Å²) in [6.07, 6.45) is -4.62. The lowest BCUT2D eigenvalue weighted by Gasteiger charge is -2.35. The van der Waals surface area contributed by atoms with Crippen LogP contribution in [0.3, 0.4) is 0 Å². The molecule has 1 unspecified atom stereocenters. The number of nitrogens with one attached hydrogen (secondary N) is 1. The van der Waals surface area contributed by atoms with Crippen molar-refractivity contribution in [2.45, 2.75) is 18.6 Å². The minimum Gasteiger partial charge on any atom is -0.350 e. The number of anilines is 1. The van der Waals surface area contributed by atoms with E-state index in [0.29, 0.717) is 16.9 Å². The van der Waals surface area contributed by atoms with Crippen LogP contribution in [0.4, 0.5) is 18.9 Å². The Balaban J connectivity index is 2.30. The summed E-state index contributed by atoms with van der Waals surface area (Å²) < 4.78 is 38.1. The monoisotopic (exact) mass is 320 g/mol. The van der Waals surface area contributed by atoms with Crippen LogP contribution in [0.15, 0.2) is 24.3 Å². The van der Waals surface area contributed by atoms with Gasteiger partial charge in [-0.2, -0.15) is 13.2 Å². The van der Waals surface area contributed by atoms with Crippen molar-refractivity contribution < 1.29 is 22.8 Å². The predicted octanol–water partition coefficient (Wildman–Crippen LogP) is 1.86. The Bertz CT molecular complexity index is 563. The van der Waals surface area contributed by atoms with Crippen LogP contribution in [0.25, 0.3) is 0 Å². The van der Waals surface area contributed by atoms with Gasteiger partial charge in [0.1, 0.15) is 5.88 Å². The highest BCUT2D eigenvalue weighted by atomic mass is 35.5. The number of benzene rings is 1. The topological polar surface area (TPSA) is 49.4 Å². The maximum Gasteiger partial charge on any atom is 0.471 e. The van der Waals surface area contributed by atoms with E-state index in [1.165, 1.54) is 6.07 Å². The highest BCUT2D eigenvalue weighted by Crippen LogP contribution is 2.30. The van der Waals surface area contributed by atoms with E-state index in [9.17, 15) is 22.8 Å². The number of halogens is 4. The van der Waals surface area contributed by atoms with Gasteiger partial charge in [0.05, 0.1) is 6.04 Å². The Morgan fingerprint density at radius 2 is 2.00 bits per heavy atom. The second kappa shape index (κ2) is 5.93. The number of para-hydroxylation sites is 1. The SMILES string of the molecule is O=C(CCl)NC1Cc2ccccc2N(C(=O)C(F)(F)F)C1. The van der Waals surface area contributed by atoms with Crippen molar-refractivity contribution in [2.75, 3.05) is 17.3 Å². The van der Waals surface area contributed by atoms with E-state index < -0.39 is 24.0 Å². The van der Waals surface area contributed by atoms with Crippen LogP contribution >= 0.6 is 11.6 Å². The van der Waals surface area contributed by atoms with Crippen LogP contribution in [0, 0.1) is 0 Å². The Kier molecular flexibility index (Phi) is 4.41. The summed E-state index contributed by atoms with van der Waals surface area (Å²) in [4.78, 5) is 23.5. The molecule has 0 bridgehead atoms. The molecule has 1 atom stereocenters. The molecule has 0 fully saturated rings. The molecular formula is C13H12ClF3N2O2. The van der Waals surface area contributed by atoms with Gasteiger partial charge in [0.25, 0.3) is 0 Å². The summed E-state index contributed by atoms with van der Waals surface area (Å²) in [5.41, 5.74) is 0.789. The molecular weight excluding hydrogens is 309 g/mol. The lowest BCUT2D eigenvalue weighted by molar-refractivity contribution is -0.170. The van der Waals surface area contributed by atoms with Crippen LogP contribution in [0.1, 0.15) is 5.56 Å². The molecule has 1 aliphatic rings. The number of carbonyl (C=O) groups excluding carboxylic acids is 2. The molecule has 1 aromatic carbocycles. The maximum atomic E-state index is 12.7. The molecule has 1 aromatic rings. The first kappa shape index (κ1) is 15.6. The van der Waals surface area contributed by atoms with E-state index in [2.05, 4.69) is 5.32 Å². The van der Waals surface area contributed by atoms with Gasteiger partial charge >= 0.3 is 12.1 Å². The first-order valence-electron chi connectivity index (χ1n) is 6.15. The fraction of sp³-hybridized carbons (Fsp3) is 0.385. The zero-order valence-electron chi connectivity index (χ0n) is 10.8. The minimum atomic E-state index is -4.97. The third kappa shape index (κ3) is 3.47. The number of fused-ring (bicyclic) bond motifs is 1. The average molecular weight is 321 g/mol. The van der Waals surface area contributed by atoms with Gasteiger partial charge < -0.3 is 10.2 Å². The van der Waals surface area contributed by atoms with Crippen molar-refractivity contribution in [3.05, 3.63) is 29.8 Å². The van der Waals surface area contributed by atoms with Gasteiger partial charge in [0.2, 0.25) is 5.91 Å². The van der Waals surface area contributed by atoms with Gasteiger partial charge in [-0.05, 0) is 18.1 Å². The van der Waals surface area contributed by atoms with Crippen LogP contribution in [0.2, 0.25) is 0 Å². The maximum absolute atomic E-state index is 12.7. The summed E-state index contributed by atoms with van der Waals surface area (Å²) in [5.74, 6) is -2.72. The second-order valence-corrected chi connectivity index (χ2v) is 4.91. The van der Waals surface area contributed by atoms with E-state index in [1.54, 1.807) is 18.2 Å². The molecule has 0 spiro atoms. The largest absolute Gasteiger partial charge is 0.471 e. The van der Waals surface area contributed by atoms with Gasteiger partial charge in [0.15, 0.2) is 0 Å². The normalized spacial score (nSPS) is 18.1. The van der Waals surface area contributed by atoms with Crippen molar-refractivity contribution in [3.8, 4) is 0 Å². The molecule has 1 heterocycles. The van der Waals surface area contributed by atoms with Crippen LogP contribution < -0.4 is 10.2 Å². The fourth-order valence-corrected chi connectivity index (χ4v) is 2.38. The summed E-state index contributed by atoms with van der Waals surface area (Å²) in [6.45, 7) is -0.238. The number of carbonyl (C=O) groups is 2. The first-order chi connectivity index (χ1) is 9.82. The van der Waals surface area contributed by atoms with E-state index >= 15 is 0 Å². The Morgan fingerprint density at radius 1 is 1.33 bits per heavy atom. The fourth-order valence-electron chi connectivity index (χ4n) is 2.30. The Hall–Kier alpha value is -1.76. The van der Waals surface area contributed by atoms with Crippen LogP contribution in [-0.2, 0) is 16.0 Å². The van der Waals surface area contributed by atoms with Gasteiger partial charge in [-0.15, -0.1) is 11.6 Å². The molecule has 2 rings (SSSR count). The minimum absolute atomic E-state index is 0.219. The molecule has 1 aliphatic heterocycles. The van der Waals surface area contributed by atoms with E-state index in [-0.39, 0.29) is 18.1 Å². The third-order valence-corrected chi connectivity index (χ3v) is 3.37. The van der Waals surface area contributed by atoms with Crippen molar-refractivity contribution in [1.29, 1.82) is 0 Å². The molecule has 0 radical (unpaired) electrons. The Morgan fingerprint density at radius 3 is 2.62 bits per heavy atom. The molecule has 8 heteroatoms. The molecule has 1 N–H and O–H groups in total. The predicted molar refractivity (Wildman–Crippen MR) is 71.2 cm³/mol. The summed E-state index contributed by atoms with van der Waals surface area (Å²) >= 11 is 5.37. The lowest BCUT2D eigenvalue weighted by Crippen LogP contribution is -2.53. The molecule has 2 amide bonds. The van der Waals surface area contributed by atoms with Gasteiger partial charge in [-0.25, -0.2) is 0 Å².